The van der Waals surface area contributed by atoms with E-state index in [2.05, 4.69) is 20.5 Å². The second kappa shape index (κ2) is 7.48. The lowest BCUT2D eigenvalue weighted by Gasteiger charge is -2.00. The average molecular weight is 374 g/mol. The first kappa shape index (κ1) is 17.8. The summed E-state index contributed by atoms with van der Waals surface area (Å²) < 4.78 is 3.32. The van der Waals surface area contributed by atoms with Crippen molar-refractivity contribution in [1.29, 1.82) is 0 Å². The smallest absolute Gasteiger partial charge is 0.305 e. The summed E-state index contributed by atoms with van der Waals surface area (Å²) in [4.78, 5) is 27.3. The molecule has 0 aliphatic rings. The van der Waals surface area contributed by atoms with Crippen molar-refractivity contribution in [2.24, 2.45) is 0 Å². The van der Waals surface area contributed by atoms with E-state index in [0.717, 1.165) is 23.5 Å². The van der Waals surface area contributed by atoms with Crippen molar-refractivity contribution in [2.75, 3.05) is 5.32 Å². The van der Waals surface area contributed by atoms with Gasteiger partial charge in [0.25, 0.3) is 5.91 Å². The van der Waals surface area contributed by atoms with Crippen LogP contribution < -0.4 is 5.32 Å². The van der Waals surface area contributed by atoms with Crippen LogP contribution in [0.3, 0.4) is 0 Å². The lowest BCUT2D eigenvalue weighted by Crippen LogP contribution is -2.11. The summed E-state index contributed by atoms with van der Waals surface area (Å²) in [5.41, 5.74) is 3.07. The molecule has 0 saturated carbocycles. The molecule has 136 valence electrons. The fourth-order valence-corrected chi connectivity index (χ4v) is 3.16. The van der Waals surface area contributed by atoms with Gasteiger partial charge in [0.1, 0.15) is 0 Å². The second-order valence-electron chi connectivity index (χ2n) is 5.59. The summed E-state index contributed by atoms with van der Waals surface area (Å²) in [5.74, 6) is -1.25. The van der Waals surface area contributed by atoms with E-state index in [0.29, 0.717) is 10.7 Å². The van der Waals surface area contributed by atoms with Crippen LogP contribution in [0.15, 0.2) is 24.0 Å². The molecular weight excluding hydrogens is 356 g/mol. The average Bonchev–Trinajstić information content (AvgIpc) is 3.32. The molecule has 26 heavy (non-hydrogen) atoms. The van der Waals surface area contributed by atoms with Crippen LogP contribution in [0.1, 0.15) is 29.4 Å². The Morgan fingerprint density at radius 1 is 1.31 bits per heavy atom. The zero-order chi connectivity index (χ0) is 18.7. The number of aliphatic carboxylic acids is 1. The second-order valence-corrected chi connectivity index (χ2v) is 6.45. The summed E-state index contributed by atoms with van der Waals surface area (Å²) in [6.45, 7) is 5.00. The number of carboxylic acids is 1. The van der Waals surface area contributed by atoms with Gasteiger partial charge < -0.3 is 5.11 Å². The van der Waals surface area contributed by atoms with Gasteiger partial charge in [-0.15, -0.1) is 11.3 Å². The van der Waals surface area contributed by atoms with Crippen LogP contribution >= 0.6 is 11.3 Å². The Morgan fingerprint density at radius 2 is 2.12 bits per heavy atom. The molecule has 0 aliphatic carbocycles. The molecule has 0 radical (unpaired) electrons. The van der Waals surface area contributed by atoms with Crippen LogP contribution in [-0.4, -0.2) is 41.5 Å². The van der Waals surface area contributed by atoms with E-state index in [-0.39, 0.29) is 18.9 Å². The molecule has 9 nitrogen and oxygen atoms in total. The summed E-state index contributed by atoms with van der Waals surface area (Å²) in [7, 11) is 0. The zero-order valence-electron chi connectivity index (χ0n) is 14.3. The maximum atomic E-state index is 12.3. The first-order valence-electron chi connectivity index (χ1n) is 8.01. The molecule has 1 amide bonds. The summed E-state index contributed by atoms with van der Waals surface area (Å²) in [6.07, 6.45) is 4.64. The van der Waals surface area contributed by atoms with Crippen LogP contribution in [0.2, 0.25) is 0 Å². The van der Waals surface area contributed by atoms with Gasteiger partial charge in [-0.05, 0) is 13.8 Å². The molecule has 0 unspecified atom stereocenters. The Labute approximate surface area is 153 Å². The molecule has 0 saturated heterocycles. The minimum absolute atomic E-state index is 0.0522. The molecule has 3 aromatic heterocycles. The third kappa shape index (κ3) is 3.80. The van der Waals surface area contributed by atoms with Crippen LogP contribution in [0, 0.1) is 6.92 Å². The van der Waals surface area contributed by atoms with Gasteiger partial charge in [-0.25, -0.2) is 4.98 Å². The summed E-state index contributed by atoms with van der Waals surface area (Å²) in [5, 5.41) is 22.1. The van der Waals surface area contributed by atoms with Gasteiger partial charge in [0.2, 0.25) is 0 Å². The Bertz CT molecular complexity index is 942. The van der Waals surface area contributed by atoms with Gasteiger partial charge in [-0.2, -0.15) is 10.2 Å². The van der Waals surface area contributed by atoms with Gasteiger partial charge >= 0.3 is 5.97 Å². The third-order valence-electron chi connectivity index (χ3n) is 3.85. The summed E-state index contributed by atoms with van der Waals surface area (Å²) in [6, 6.07) is 0. The van der Waals surface area contributed by atoms with Crippen molar-refractivity contribution in [1.82, 2.24) is 24.5 Å². The van der Waals surface area contributed by atoms with Crippen LogP contribution in [0.4, 0.5) is 5.13 Å². The minimum atomic E-state index is -0.913. The van der Waals surface area contributed by atoms with Crippen molar-refractivity contribution in [3.05, 3.63) is 35.2 Å². The van der Waals surface area contributed by atoms with Gasteiger partial charge in [-0.3, -0.25) is 24.3 Å². The number of anilines is 1. The Kier molecular flexibility index (Phi) is 5.12. The van der Waals surface area contributed by atoms with E-state index in [1.807, 2.05) is 23.9 Å². The number of aromatic nitrogens is 5. The predicted molar refractivity (Wildman–Crippen MR) is 96.2 cm³/mol. The van der Waals surface area contributed by atoms with E-state index >= 15 is 0 Å². The number of thiazole rings is 1. The Hall–Kier alpha value is -3.01. The minimum Gasteiger partial charge on any atom is -0.481 e. The maximum absolute atomic E-state index is 12.3. The number of carboxylic acid groups (broad SMARTS) is 1. The quantitative estimate of drug-likeness (QED) is 0.655. The molecule has 0 bridgehead atoms. The van der Waals surface area contributed by atoms with Crippen molar-refractivity contribution in [3.63, 3.8) is 0 Å². The normalized spacial score (nSPS) is 10.8. The van der Waals surface area contributed by atoms with Crippen molar-refractivity contribution in [2.45, 2.75) is 33.4 Å². The topological polar surface area (TPSA) is 115 Å². The highest BCUT2D eigenvalue weighted by Gasteiger charge is 2.14. The fraction of sp³-hybridized carbons (Fsp3) is 0.312. The highest BCUT2D eigenvalue weighted by atomic mass is 32.1. The van der Waals surface area contributed by atoms with Crippen LogP contribution in [0.25, 0.3) is 11.3 Å². The molecule has 3 aromatic rings. The maximum Gasteiger partial charge on any atom is 0.305 e. The number of amides is 1. The highest BCUT2D eigenvalue weighted by molar-refractivity contribution is 7.14. The summed E-state index contributed by atoms with van der Waals surface area (Å²) >= 11 is 1.33. The lowest BCUT2D eigenvalue weighted by molar-refractivity contribution is -0.137. The number of carbonyl (C=O) groups is 2. The van der Waals surface area contributed by atoms with Crippen molar-refractivity contribution in [3.8, 4) is 11.3 Å². The predicted octanol–water partition coefficient (Wildman–Crippen LogP) is 2.26. The molecule has 0 aliphatic heterocycles. The largest absolute Gasteiger partial charge is 0.481 e. The number of aryl methyl sites for hydroxylation is 2. The molecule has 3 heterocycles. The van der Waals surface area contributed by atoms with Gasteiger partial charge in [0.15, 0.2) is 5.13 Å². The van der Waals surface area contributed by atoms with Gasteiger partial charge in [0.05, 0.1) is 36.6 Å². The number of nitrogens with zero attached hydrogens (tertiary/aromatic N) is 5. The monoisotopic (exact) mass is 374 g/mol. The Balaban J connectivity index is 1.68. The van der Waals surface area contributed by atoms with Gasteiger partial charge in [-0.1, -0.05) is 0 Å². The number of nitrogens with one attached hydrogen (secondary N) is 1. The molecule has 0 atom stereocenters. The third-order valence-corrected chi connectivity index (χ3v) is 4.61. The van der Waals surface area contributed by atoms with Crippen molar-refractivity contribution >= 4 is 28.3 Å². The van der Waals surface area contributed by atoms with E-state index in [1.54, 1.807) is 6.20 Å². The molecule has 3 rings (SSSR count). The highest BCUT2D eigenvalue weighted by Crippen LogP contribution is 2.27. The number of hydrogen-bond acceptors (Lipinski definition) is 6. The number of rotatable bonds is 7. The number of carbonyl (C=O) groups excluding carboxylic acids is 1. The molecule has 0 spiro atoms. The molecule has 0 fully saturated rings. The molecule has 10 heteroatoms. The number of hydrogen-bond donors (Lipinski definition) is 2. The lowest BCUT2D eigenvalue weighted by atomic mass is 10.2. The first-order chi connectivity index (χ1) is 12.5. The Morgan fingerprint density at radius 3 is 2.81 bits per heavy atom. The first-order valence-corrected chi connectivity index (χ1v) is 8.89. The van der Waals surface area contributed by atoms with E-state index in [9.17, 15) is 9.59 Å². The zero-order valence-corrected chi connectivity index (χ0v) is 15.2. The molecule has 2 N–H and O–H groups in total. The standard InChI is InChI=1S/C16H18N6O3S/c1-3-22-10(2)12(7-18-22)13-9-26-16(19-13)20-15(25)11-6-17-21(8-11)5-4-14(23)24/h6-9H,3-5H2,1-2H3,(H,23,24)(H,19,20,25). The van der Waals surface area contributed by atoms with E-state index in [4.69, 9.17) is 5.11 Å². The fourth-order valence-electron chi connectivity index (χ4n) is 2.45. The van der Waals surface area contributed by atoms with E-state index < -0.39 is 5.97 Å². The molecular formula is C16H18N6O3S. The van der Waals surface area contributed by atoms with Crippen LogP contribution in [-0.2, 0) is 17.9 Å². The SMILES string of the molecule is CCn1ncc(-c2csc(NC(=O)c3cnn(CCC(=O)O)c3)n2)c1C. The molecule has 0 aromatic carbocycles. The van der Waals surface area contributed by atoms with E-state index in [1.165, 1.54) is 28.4 Å². The van der Waals surface area contributed by atoms with Crippen LogP contribution in [0.5, 0.6) is 0 Å². The van der Waals surface area contributed by atoms with Crippen molar-refractivity contribution < 1.29 is 14.7 Å². The van der Waals surface area contributed by atoms with Gasteiger partial charge in [0, 0.05) is 29.4 Å².